The van der Waals surface area contributed by atoms with Crippen LogP contribution in [0.1, 0.15) is 47.9 Å². The van der Waals surface area contributed by atoms with Gasteiger partial charge in [0.05, 0.1) is 22.6 Å². The van der Waals surface area contributed by atoms with Crippen molar-refractivity contribution in [2.24, 2.45) is 0 Å². The third-order valence-electron chi connectivity index (χ3n) is 5.49. The first-order valence-corrected chi connectivity index (χ1v) is 10.3. The van der Waals surface area contributed by atoms with Crippen LogP contribution in [0.3, 0.4) is 0 Å². The smallest absolute Gasteiger partial charge is 0.254 e. The van der Waals surface area contributed by atoms with Gasteiger partial charge in [-0.15, -0.1) is 6.58 Å². The topological polar surface area (TPSA) is 38.1 Å². The van der Waals surface area contributed by atoms with E-state index in [1.807, 2.05) is 18.2 Å². The fraction of sp³-hybridized carbons (Fsp3) is 0.304. The predicted octanol–water partition coefficient (Wildman–Crippen LogP) is 5.77. The maximum atomic E-state index is 13.5. The van der Waals surface area contributed by atoms with Crippen molar-refractivity contribution >= 4 is 28.5 Å². The summed E-state index contributed by atoms with van der Waals surface area (Å²) < 4.78 is 15.8. The van der Waals surface area contributed by atoms with Crippen LogP contribution in [0.4, 0.5) is 4.39 Å². The number of para-hydroxylation sites is 2. The lowest BCUT2D eigenvalue weighted by molar-refractivity contribution is 0.0756. The van der Waals surface area contributed by atoms with E-state index >= 15 is 0 Å². The summed E-state index contributed by atoms with van der Waals surface area (Å²) in [6.45, 7) is 4.50. The molecule has 0 bridgehead atoms. The summed E-state index contributed by atoms with van der Waals surface area (Å²) in [7, 11) is 0. The van der Waals surface area contributed by atoms with Crippen LogP contribution in [0.5, 0.6) is 0 Å². The number of benzene rings is 2. The van der Waals surface area contributed by atoms with Gasteiger partial charge in [-0.3, -0.25) is 4.79 Å². The van der Waals surface area contributed by atoms with E-state index in [-0.39, 0.29) is 10.9 Å². The molecular weight excluding hydrogens is 389 g/mol. The quantitative estimate of drug-likeness (QED) is 0.483. The molecule has 1 aliphatic carbocycles. The normalized spacial score (nSPS) is 14.4. The van der Waals surface area contributed by atoms with Crippen LogP contribution in [0.15, 0.2) is 55.1 Å². The number of fused-ring (bicyclic) bond motifs is 1. The van der Waals surface area contributed by atoms with Crippen molar-refractivity contribution in [3.05, 3.63) is 77.3 Å². The molecule has 150 valence electrons. The molecule has 0 N–H and O–H groups in total. The number of hydrogen-bond donors (Lipinski definition) is 0. The van der Waals surface area contributed by atoms with Gasteiger partial charge in [-0.05, 0) is 43.2 Å². The molecule has 6 heteroatoms. The average molecular weight is 412 g/mol. The number of carbonyl (C=O) groups excluding carboxylic acids is 1. The minimum absolute atomic E-state index is 0.0624. The number of amides is 1. The number of rotatable bonds is 6. The Morgan fingerprint density at radius 1 is 1.28 bits per heavy atom. The zero-order valence-electron chi connectivity index (χ0n) is 16.2. The second-order valence-electron chi connectivity index (χ2n) is 7.43. The molecule has 1 saturated carbocycles. The Labute approximate surface area is 174 Å². The first-order valence-electron chi connectivity index (χ1n) is 9.89. The van der Waals surface area contributed by atoms with Gasteiger partial charge in [-0.25, -0.2) is 9.37 Å². The molecule has 2 aromatic carbocycles. The summed E-state index contributed by atoms with van der Waals surface area (Å²) in [6.07, 6.45) is 6.35. The van der Waals surface area contributed by atoms with Gasteiger partial charge in [-0.1, -0.05) is 42.7 Å². The zero-order chi connectivity index (χ0) is 20.4. The Kier molecular flexibility index (Phi) is 5.67. The minimum atomic E-state index is -0.540. The van der Waals surface area contributed by atoms with E-state index in [1.165, 1.54) is 31.0 Å². The maximum Gasteiger partial charge on any atom is 0.254 e. The standard InChI is InChI=1S/C23H23ClFN3O/c1-2-13-27(23(29)16-11-12-19(25)18(24)14-16)15-22-26-20-9-5-6-10-21(20)28(22)17-7-3-4-8-17/h2,5-6,9-12,14,17H,1,3-4,7-8,13,15H2. The molecule has 1 aromatic heterocycles. The number of carbonyl (C=O) groups is 1. The van der Waals surface area contributed by atoms with Crippen LogP contribution in [0.25, 0.3) is 11.0 Å². The van der Waals surface area contributed by atoms with Crippen LogP contribution < -0.4 is 0 Å². The van der Waals surface area contributed by atoms with Gasteiger partial charge in [0.1, 0.15) is 11.6 Å². The molecule has 0 saturated heterocycles. The van der Waals surface area contributed by atoms with Crippen LogP contribution in [-0.4, -0.2) is 26.9 Å². The fourth-order valence-electron chi connectivity index (χ4n) is 4.13. The van der Waals surface area contributed by atoms with E-state index in [0.29, 0.717) is 24.7 Å². The van der Waals surface area contributed by atoms with E-state index in [2.05, 4.69) is 17.2 Å². The number of nitrogens with zero attached hydrogens (tertiary/aromatic N) is 3. The minimum Gasteiger partial charge on any atom is -0.327 e. The molecule has 4 nitrogen and oxygen atoms in total. The van der Waals surface area contributed by atoms with Gasteiger partial charge < -0.3 is 9.47 Å². The molecule has 0 spiro atoms. The van der Waals surface area contributed by atoms with Gasteiger partial charge in [-0.2, -0.15) is 0 Å². The van der Waals surface area contributed by atoms with Crippen LogP contribution >= 0.6 is 11.6 Å². The Morgan fingerprint density at radius 3 is 2.76 bits per heavy atom. The summed E-state index contributed by atoms with van der Waals surface area (Å²) in [5, 5.41) is -0.0624. The van der Waals surface area contributed by atoms with Crippen molar-refractivity contribution < 1.29 is 9.18 Å². The lowest BCUT2D eigenvalue weighted by Crippen LogP contribution is -2.32. The molecular formula is C23H23ClFN3O. The fourth-order valence-corrected chi connectivity index (χ4v) is 4.31. The number of halogens is 2. The molecule has 4 rings (SSSR count). The van der Waals surface area contributed by atoms with E-state index < -0.39 is 5.82 Å². The molecule has 29 heavy (non-hydrogen) atoms. The van der Waals surface area contributed by atoms with Crippen molar-refractivity contribution in [2.75, 3.05) is 6.54 Å². The summed E-state index contributed by atoms with van der Waals surface area (Å²) in [4.78, 5) is 19.6. The monoisotopic (exact) mass is 411 g/mol. The van der Waals surface area contributed by atoms with Crippen LogP contribution in [-0.2, 0) is 6.54 Å². The first-order chi connectivity index (χ1) is 14.1. The number of aromatic nitrogens is 2. The van der Waals surface area contributed by atoms with E-state index in [1.54, 1.807) is 11.0 Å². The van der Waals surface area contributed by atoms with E-state index in [0.717, 1.165) is 29.7 Å². The molecule has 0 atom stereocenters. The zero-order valence-corrected chi connectivity index (χ0v) is 16.9. The molecule has 1 aliphatic rings. The van der Waals surface area contributed by atoms with Crippen molar-refractivity contribution in [1.29, 1.82) is 0 Å². The molecule has 1 fully saturated rings. The van der Waals surface area contributed by atoms with E-state index in [4.69, 9.17) is 16.6 Å². The highest BCUT2D eigenvalue weighted by molar-refractivity contribution is 6.31. The van der Waals surface area contributed by atoms with Crippen molar-refractivity contribution in [2.45, 2.75) is 38.3 Å². The lowest BCUT2D eigenvalue weighted by Gasteiger charge is -2.23. The van der Waals surface area contributed by atoms with Gasteiger partial charge in [0, 0.05) is 18.2 Å². The molecule has 1 heterocycles. The number of hydrogen-bond acceptors (Lipinski definition) is 2. The van der Waals surface area contributed by atoms with Crippen molar-refractivity contribution in [1.82, 2.24) is 14.5 Å². The van der Waals surface area contributed by atoms with Gasteiger partial charge in [0.25, 0.3) is 5.91 Å². The molecule has 0 radical (unpaired) electrons. The lowest BCUT2D eigenvalue weighted by atomic mass is 10.2. The molecule has 0 aliphatic heterocycles. The largest absolute Gasteiger partial charge is 0.327 e. The maximum absolute atomic E-state index is 13.5. The Hall–Kier alpha value is -2.66. The molecule has 1 amide bonds. The number of imidazole rings is 1. The highest BCUT2D eigenvalue weighted by Crippen LogP contribution is 2.34. The second-order valence-corrected chi connectivity index (χ2v) is 7.84. The van der Waals surface area contributed by atoms with Gasteiger partial charge >= 0.3 is 0 Å². The SMILES string of the molecule is C=CCN(Cc1nc2ccccc2n1C1CCCC1)C(=O)c1ccc(F)c(Cl)c1. The van der Waals surface area contributed by atoms with Crippen molar-refractivity contribution in [3.63, 3.8) is 0 Å². The van der Waals surface area contributed by atoms with Crippen molar-refractivity contribution in [3.8, 4) is 0 Å². The highest BCUT2D eigenvalue weighted by Gasteiger charge is 2.25. The predicted molar refractivity (Wildman–Crippen MR) is 114 cm³/mol. The second kappa shape index (κ2) is 8.37. The Balaban J connectivity index is 1.70. The third-order valence-corrected chi connectivity index (χ3v) is 5.78. The van der Waals surface area contributed by atoms with Crippen LogP contribution in [0, 0.1) is 5.82 Å². The summed E-state index contributed by atoms with van der Waals surface area (Å²) in [6, 6.07) is 12.5. The Bertz CT molecular complexity index is 1060. The Morgan fingerprint density at radius 2 is 2.03 bits per heavy atom. The molecule has 3 aromatic rings. The summed E-state index contributed by atoms with van der Waals surface area (Å²) in [5.74, 6) is 0.0971. The highest BCUT2D eigenvalue weighted by atomic mass is 35.5. The average Bonchev–Trinajstić information content (AvgIpc) is 3.36. The van der Waals surface area contributed by atoms with E-state index in [9.17, 15) is 9.18 Å². The third kappa shape index (κ3) is 3.92. The molecule has 0 unspecified atom stereocenters. The van der Waals surface area contributed by atoms with Crippen LogP contribution in [0.2, 0.25) is 5.02 Å². The first kappa shape index (κ1) is 19.6. The van der Waals surface area contributed by atoms with Gasteiger partial charge in [0.15, 0.2) is 0 Å². The van der Waals surface area contributed by atoms with Gasteiger partial charge in [0.2, 0.25) is 0 Å². The summed E-state index contributed by atoms with van der Waals surface area (Å²) in [5.41, 5.74) is 2.39. The summed E-state index contributed by atoms with van der Waals surface area (Å²) >= 11 is 5.88.